The normalized spacial score (nSPS) is 20.9. The third-order valence-corrected chi connectivity index (χ3v) is 7.54. The molecule has 2 aliphatic heterocycles. The Labute approximate surface area is 191 Å². The first-order chi connectivity index (χ1) is 15.4. The summed E-state index contributed by atoms with van der Waals surface area (Å²) in [5, 5.41) is 34.2. The molecule has 3 atom stereocenters. The van der Waals surface area contributed by atoms with Gasteiger partial charge in [-0.1, -0.05) is 42.1 Å². The van der Waals surface area contributed by atoms with E-state index in [1.165, 1.54) is 34.6 Å². The molecule has 3 heterocycles. The Bertz CT molecular complexity index is 1090. The van der Waals surface area contributed by atoms with Crippen LogP contribution in [0.1, 0.15) is 11.7 Å². The van der Waals surface area contributed by atoms with Gasteiger partial charge in [-0.3, -0.25) is 14.5 Å². The number of rotatable bonds is 7. The first kappa shape index (κ1) is 22.2. The van der Waals surface area contributed by atoms with E-state index in [4.69, 9.17) is 0 Å². The number of hydrogen-bond acceptors (Lipinski definition) is 7. The zero-order valence-electron chi connectivity index (χ0n) is 16.6. The highest BCUT2D eigenvalue weighted by molar-refractivity contribution is 8.01. The molecular weight excluding hydrogens is 454 g/mol. The van der Waals surface area contributed by atoms with E-state index < -0.39 is 35.3 Å². The summed E-state index contributed by atoms with van der Waals surface area (Å²) in [6.07, 6.45) is -0.0749. The molecule has 0 bridgehead atoms. The zero-order chi connectivity index (χ0) is 22.8. The molecule has 9 nitrogen and oxygen atoms in total. The van der Waals surface area contributed by atoms with Crippen molar-refractivity contribution in [2.75, 3.05) is 11.5 Å². The Morgan fingerprint density at radius 2 is 1.97 bits per heavy atom. The van der Waals surface area contributed by atoms with Crippen LogP contribution in [-0.4, -0.2) is 55.8 Å². The molecule has 3 N–H and O–H groups in total. The molecule has 1 fully saturated rings. The topological polar surface area (TPSA) is 134 Å². The average Bonchev–Trinajstić information content (AvgIpc) is 2.81. The molecule has 166 valence electrons. The number of aliphatic carboxylic acids is 1. The standard InChI is InChI=1S/C21H19N3O6S2/c25-17(12-6-2-1-3-7-12)18(26)22-15-19(27)24-16(21(28)29)13(11-32-20(15)24)10-31-14-8-4-5-9-23(14)30/h1-9,15,17,20,25H,10-11H2,(H,22,26)(H,28,29)/t15-,17-,20-/m1/s1. The van der Waals surface area contributed by atoms with Crippen LogP contribution in [0.4, 0.5) is 0 Å². The largest absolute Gasteiger partial charge is 0.618 e. The molecular formula is C21H19N3O6S2. The number of benzene rings is 1. The van der Waals surface area contributed by atoms with Crippen LogP contribution in [0.2, 0.25) is 0 Å². The van der Waals surface area contributed by atoms with Gasteiger partial charge in [-0.25, -0.2) is 4.79 Å². The van der Waals surface area contributed by atoms with Crippen LogP contribution >= 0.6 is 23.5 Å². The van der Waals surface area contributed by atoms with Crippen LogP contribution in [0, 0.1) is 5.21 Å². The van der Waals surface area contributed by atoms with Crippen molar-refractivity contribution in [1.29, 1.82) is 0 Å². The van der Waals surface area contributed by atoms with E-state index in [2.05, 4.69) is 5.32 Å². The highest BCUT2D eigenvalue weighted by Gasteiger charge is 2.54. The van der Waals surface area contributed by atoms with Crippen molar-refractivity contribution in [3.05, 3.63) is 76.8 Å². The molecule has 0 aliphatic carbocycles. The second-order valence-electron chi connectivity index (χ2n) is 7.12. The number of carboxylic acid groups (broad SMARTS) is 1. The first-order valence-corrected chi connectivity index (χ1v) is 11.7. The molecule has 1 aromatic carbocycles. The molecule has 0 spiro atoms. The molecule has 2 aliphatic rings. The lowest BCUT2D eigenvalue weighted by Gasteiger charge is -2.49. The SMILES string of the molecule is O=C(O)C1=C(CSc2cccc[n+]2[O-])CS[C@@H]2[C@H](NC(=O)[C@H](O)c3ccccc3)C(=O)N12. The number of aliphatic hydroxyl groups is 1. The van der Waals surface area contributed by atoms with E-state index in [0.717, 1.165) is 0 Å². The van der Waals surface area contributed by atoms with Gasteiger partial charge < -0.3 is 20.7 Å². The van der Waals surface area contributed by atoms with Crippen molar-refractivity contribution in [1.82, 2.24) is 10.2 Å². The van der Waals surface area contributed by atoms with Gasteiger partial charge >= 0.3 is 5.97 Å². The monoisotopic (exact) mass is 473 g/mol. The van der Waals surface area contributed by atoms with Gasteiger partial charge in [-0.2, -0.15) is 4.73 Å². The van der Waals surface area contributed by atoms with E-state index in [0.29, 0.717) is 26.6 Å². The highest BCUT2D eigenvalue weighted by Crippen LogP contribution is 2.41. The van der Waals surface area contributed by atoms with E-state index in [-0.39, 0.29) is 11.4 Å². The smallest absolute Gasteiger partial charge is 0.352 e. The Morgan fingerprint density at radius 1 is 1.25 bits per heavy atom. The van der Waals surface area contributed by atoms with E-state index in [1.807, 2.05) is 0 Å². The van der Waals surface area contributed by atoms with Crippen LogP contribution in [0.5, 0.6) is 0 Å². The Morgan fingerprint density at radius 3 is 2.66 bits per heavy atom. The Kier molecular flexibility index (Phi) is 6.40. The summed E-state index contributed by atoms with van der Waals surface area (Å²) < 4.78 is 0.697. The van der Waals surface area contributed by atoms with Gasteiger partial charge in [0.25, 0.3) is 16.8 Å². The van der Waals surface area contributed by atoms with E-state index >= 15 is 0 Å². The summed E-state index contributed by atoms with van der Waals surface area (Å²) in [4.78, 5) is 38.3. The van der Waals surface area contributed by atoms with Crippen molar-refractivity contribution >= 4 is 41.3 Å². The highest BCUT2D eigenvalue weighted by atomic mass is 32.2. The summed E-state index contributed by atoms with van der Waals surface area (Å²) in [7, 11) is 0. The number of amides is 2. The van der Waals surface area contributed by atoms with Crippen molar-refractivity contribution in [3.63, 3.8) is 0 Å². The number of carbonyl (C=O) groups excluding carboxylic acids is 2. The number of nitrogens with one attached hydrogen (secondary N) is 1. The molecule has 1 saturated heterocycles. The van der Waals surface area contributed by atoms with Crippen molar-refractivity contribution in [2.45, 2.75) is 22.5 Å². The third kappa shape index (κ3) is 4.18. The van der Waals surface area contributed by atoms with Crippen LogP contribution < -0.4 is 10.0 Å². The molecule has 0 saturated carbocycles. The number of fused-ring (bicyclic) bond motifs is 1. The Balaban J connectivity index is 1.47. The second kappa shape index (κ2) is 9.23. The Hall–Kier alpha value is -3.02. The fourth-order valence-electron chi connectivity index (χ4n) is 3.50. The number of aromatic nitrogens is 1. The summed E-state index contributed by atoms with van der Waals surface area (Å²) >= 11 is 2.52. The quantitative estimate of drug-likeness (QED) is 0.234. The van der Waals surface area contributed by atoms with Gasteiger partial charge in [0.2, 0.25) is 0 Å². The fraction of sp³-hybridized carbons (Fsp3) is 0.238. The predicted octanol–water partition coefficient (Wildman–Crippen LogP) is 0.884. The van der Waals surface area contributed by atoms with Crippen molar-refractivity contribution in [2.24, 2.45) is 0 Å². The minimum absolute atomic E-state index is 0.117. The molecule has 2 amide bonds. The lowest BCUT2D eigenvalue weighted by Crippen LogP contribution is -2.70. The van der Waals surface area contributed by atoms with E-state index in [1.54, 1.807) is 48.5 Å². The van der Waals surface area contributed by atoms with E-state index in [9.17, 15) is 29.8 Å². The number of hydrogen-bond donors (Lipinski definition) is 3. The van der Waals surface area contributed by atoms with Crippen LogP contribution in [0.3, 0.4) is 0 Å². The number of carboxylic acids is 1. The number of thioether (sulfide) groups is 2. The molecule has 1 aromatic heterocycles. The molecule has 32 heavy (non-hydrogen) atoms. The lowest BCUT2D eigenvalue weighted by atomic mass is 10.0. The molecule has 11 heteroatoms. The van der Waals surface area contributed by atoms with Crippen LogP contribution in [0.25, 0.3) is 0 Å². The van der Waals surface area contributed by atoms with Crippen molar-refractivity contribution in [3.8, 4) is 0 Å². The minimum atomic E-state index is -1.43. The summed E-state index contributed by atoms with van der Waals surface area (Å²) in [5.41, 5.74) is 0.802. The van der Waals surface area contributed by atoms with Crippen molar-refractivity contribution < 1.29 is 29.3 Å². The molecule has 0 radical (unpaired) electrons. The number of β-lactam (4-membered cyclic amide) rings is 1. The second-order valence-corrected chi connectivity index (χ2v) is 9.22. The van der Waals surface area contributed by atoms with Gasteiger partial charge in [0.1, 0.15) is 17.1 Å². The lowest BCUT2D eigenvalue weighted by molar-refractivity contribution is -0.645. The number of nitrogens with zero attached hydrogens (tertiary/aromatic N) is 2. The summed E-state index contributed by atoms with van der Waals surface area (Å²) in [6.45, 7) is 0. The zero-order valence-corrected chi connectivity index (χ0v) is 18.2. The maximum atomic E-state index is 12.7. The van der Waals surface area contributed by atoms with Gasteiger partial charge in [0, 0.05) is 23.6 Å². The minimum Gasteiger partial charge on any atom is -0.618 e. The van der Waals surface area contributed by atoms with Gasteiger partial charge in [-0.15, -0.1) is 11.8 Å². The maximum Gasteiger partial charge on any atom is 0.352 e. The average molecular weight is 474 g/mol. The van der Waals surface area contributed by atoms with Crippen LogP contribution in [0.15, 0.2) is 71.0 Å². The summed E-state index contributed by atoms with van der Waals surface area (Å²) in [5.74, 6) is -1.93. The number of pyridine rings is 1. The number of aliphatic hydroxyl groups excluding tert-OH is 1. The molecule has 2 aromatic rings. The van der Waals surface area contributed by atoms with Crippen LogP contribution in [-0.2, 0) is 14.4 Å². The summed E-state index contributed by atoms with van der Waals surface area (Å²) in [6, 6.07) is 12.3. The third-order valence-electron chi connectivity index (χ3n) is 5.09. The molecule has 0 unspecified atom stereocenters. The maximum absolute atomic E-state index is 12.7. The van der Waals surface area contributed by atoms with Gasteiger partial charge in [0.05, 0.1) is 0 Å². The van der Waals surface area contributed by atoms with Gasteiger partial charge in [-0.05, 0) is 17.2 Å². The predicted molar refractivity (Wildman–Crippen MR) is 117 cm³/mol. The molecule has 4 rings (SSSR count). The first-order valence-electron chi connectivity index (χ1n) is 9.63. The fourth-order valence-corrected chi connectivity index (χ4v) is 5.90. The number of carbonyl (C=O) groups is 3. The van der Waals surface area contributed by atoms with Gasteiger partial charge in [0.15, 0.2) is 12.3 Å².